The number of ether oxygens (including phenoxy) is 2. The van der Waals surface area contributed by atoms with Gasteiger partial charge in [0.05, 0.1) is 23.9 Å². The standard InChI is InChI=1S/C27H23N3O4/c1-33-26(31)17-12-13-22-24(29-30-25(22)15-17)11-6-14-28-27(32)34-16-23-20-9-4-2-7-18(20)19-8-3-5-10-21(19)23/h2-13,15,23H,14,16H2,1H3,(H,28,32)(H,29,30). The summed E-state index contributed by atoms with van der Waals surface area (Å²) in [5.74, 6) is -0.375. The van der Waals surface area contributed by atoms with E-state index >= 15 is 0 Å². The first-order chi connectivity index (χ1) is 16.7. The number of nitrogens with one attached hydrogen (secondary N) is 2. The van der Waals surface area contributed by atoms with Crippen LogP contribution in [0.5, 0.6) is 0 Å². The number of fused-ring (bicyclic) bond motifs is 4. The van der Waals surface area contributed by atoms with E-state index in [1.165, 1.54) is 29.4 Å². The van der Waals surface area contributed by atoms with E-state index in [4.69, 9.17) is 9.47 Å². The number of aromatic nitrogens is 2. The minimum absolute atomic E-state index is 0.0268. The van der Waals surface area contributed by atoms with Gasteiger partial charge in [-0.1, -0.05) is 54.6 Å². The number of methoxy groups -OCH3 is 1. The van der Waals surface area contributed by atoms with Gasteiger partial charge in [-0.2, -0.15) is 5.10 Å². The maximum Gasteiger partial charge on any atom is 0.407 e. The maximum absolute atomic E-state index is 12.3. The highest BCUT2D eigenvalue weighted by molar-refractivity contribution is 5.96. The third-order valence-electron chi connectivity index (χ3n) is 6.00. The maximum atomic E-state index is 12.3. The Labute approximate surface area is 196 Å². The first-order valence-corrected chi connectivity index (χ1v) is 11.0. The van der Waals surface area contributed by atoms with Gasteiger partial charge in [-0.25, -0.2) is 9.59 Å². The molecule has 3 aromatic carbocycles. The van der Waals surface area contributed by atoms with Crippen LogP contribution in [0.3, 0.4) is 0 Å². The molecular weight excluding hydrogens is 430 g/mol. The average molecular weight is 453 g/mol. The lowest BCUT2D eigenvalue weighted by Crippen LogP contribution is -2.26. The summed E-state index contributed by atoms with van der Waals surface area (Å²) >= 11 is 0. The molecule has 0 fully saturated rings. The van der Waals surface area contributed by atoms with E-state index in [0.29, 0.717) is 17.8 Å². The number of hydrogen-bond acceptors (Lipinski definition) is 5. The summed E-state index contributed by atoms with van der Waals surface area (Å²) in [4.78, 5) is 24.0. The second-order valence-corrected chi connectivity index (χ2v) is 7.97. The summed E-state index contributed by atoms with van der Waals surface area (Å²) in [6.07, 6.45) is 3.13. The Bertz CT molecular complexity index is 1360. The number of alkyl carbamates (subject to hydrolysis) is 1. The van der Waals surface area contributed by atoms with Crippen molar-refractivity contribution in [2.24, 2.45) is 0 Å². The zero-order valence-corrected chi connectivity index (χ0v) is 18.6. The van der Waals surface area contributed by atoms with Crippen LogP contribution in [0.4, 0.5) is 4.79 Å². The molecule has 7 nitrogen and oxygen atoms in total. The molecule has 5 rings (SSSR count). The summed E-state index contributed by atoms with van der Waals surface area (Å²) in [5.41, 5.74) is 6.63. The summed E-state index contributed by atoms with van der Waals surface area (Å²) in [7, 11) is 1.34. The second-order valence-electron chi connectivity index (χ2n) is 7.97. The normalized spacial score (nSPS) is 12.5. The van der Waals surface area contributed by atoms with E-state index in [9.17, 15) is 9.59 Å². The lowest BCUT2D eigenvalue weighted by molar-refractivity contribution is 0.0601. The fraction of sp³-hybridized carbons (Fsp3) is 0.148. The molecule has 1 amide bonds. The number of benzene rings is 3. The van der Waals surface area contributed by atoms with E-state index < -0.39 is 12.1 Å². The Balaban J connectivity index is 1.17. The molecule has 0 saturated carbocycles. The van der Waals surface area contributed by atoms with Crippen LogP contribution >= 0.6 is 0 Å². The number of rotatable bonds is 6. The molecule has 0 aliphatic heterocycles. The number of nitrogens with zero attached hydrogens (tertiary/aromatic N) is 1. The molecule has 0 unspecified atom stereocenters. The van der Waals surface area contributed by atoms with Crippen LogP contribution in [0, 0.1) is 0 Å². The number of carbonyl (C=O) groups excluding carboxylic acids is 2. The van der Waals surface area contributed by atoms with Crippen molar-refractivity contribution in [1.29, 1.82) is 0 Å². The topological polar surface area (TPSA) is 93.3 Å². The van der Waals surface area contributed by atoms with Gasteiger partial charge in [0.25, 0.3) is 0 Å². The predicted octanol–water partition coefficient (Wildman–Crippen LogP) is 4.90. The molecule has 0 atom stereocenters. The fourth-order valence-electron chi connectivity index (χ4n) is 4.37. The lowest BCUT2D eigenvalue weighted by Gasteiger charge is -2.14. The Morgan fingerprint density at radius 1 is 1.03 bits per heavy atom. The van der Waals surface area contributed by atoms with Gasteiger partial charge in [-0.3, -0.25) is 5.10 Å². The van der Waals surface area contributed by atoms with Crippen LogP contribution in [0.2, 0.25) is 0 Å². The smallest absolute Gasteiger partial charge is 0.407 e. The zero-order chi connectivity index (χ0) is 23.5. The molecule has 2 N–H and O–H groups in total. The van der Waals surface area contributed by atoms with Crippen molar-refractivity contribution in [2.75, 3.05) is 20.3 Å². The van der Waals surface area contributed by atoms with Crippen LogP contribution in [0.1, 0.15) is 33.1 Å². The van der Waals surface area contributed by atoms with Crippen LogP contribution in [-0.2, 0) is 9.47 Å². The molecule has 1 aliphatic rings. The zero-order valence-electron chi connectivity index (χ0n) is 18.6. The van der Waals surface area contributed by atoms with Gasteiger partial charge in [-0.15, -0.1) is 0 Å². The SMILES string of the molecule is COC(=O)c1ccc2c(C=CCNC(=O)OCC3c4ccccc4-c4ccccc43)n[nH]c2c1. The molecule has 7 heteroatoms. The number of aromatic amines is 1. The monoisotopic (exact) mass is 453 g/mol. The lowest BCUT2D eigenvalue weighted by atomic mass is 9.98. The Kier molecular flexibility index (Phi) is 5.82. The summed E-state index contributed by atoms with van der Waals surface area (Å²) in [6.45, 7) is 0.571. The van der Waals surface area contributed by atoms with Crippen molar-refractivity contribution in [3.63, 3.8) is 0 Å². The first kappa shape index (κ1) is 21.5. The van der Waals surface area contributed by atoms with Gasteiger partial charge in [0.15, 0.2) is 0 Å². The van der Waals surface area contributed by atoms with Crippen LogP contribution in [0.25, 0.3) is 28.1 Å². The minimum Gasteiger partial charge on any atom is -0.465 e. The van der Waals surface area contributed by atoms with Crippen molar-refractivity contribution in [1.82, 2.24) is 15.5 Å². The summed E-state index contributed by atoms with van der Waals surface area (Å²) in [5, 5.41) is 10.8. The highest BCUT2D eigenvalue weighted by atomic mass is 16.5. The van der Waals surface area contributed by atoms with Gasteiger partial charge in [0.1, 0.15) is 6.61 Å². The van der Waals surface area contributed by atoms with Crippen molar-refractivity contribution in [2.45, 2.75) is 5.92 Å². The quantitative estimate of drug-likeness (QED) is 0.405. The number of H-pyrrole nitrogens is 1. The van der Waals surface area contributed by atoms with Crippen LogP contribution in [-0.4, -0.2) is 42.5 Å². The molecule has 1 aromatic heterocycles. The highest BCUT2D eigenvalue weighted by Crippen LogP contribution is 2.44. The predicted molar refractivity (Wildman–Crippen MR) is 130 cm³/mol. The van der Waals surface area contributed by atoms with Gasteiger partial charge in [0.2, 0.25) is 0 Å². The molecule has 4 aromatic rings. The van der Waals surface area contributed by atoms with Crippen molar-refractivity contribution >= 4 is 29.0 Å². The van der Waals surface area contributed by atoms with Gasteiger partial charge < -0.3 is 14.8 Å². The van der Waals surface area contributed by atoms with Gasteiger partial charge >= 0.3 is 12.1 Å². The number of amides is 1. The third kappa shape index (κ3) is 4.03. The molecular formula is C27H23N3O4. The van der Waals surface area contributed by atoms with Crippen molar-refractivity contribution < 1.29 is 19.1 Å². The molecule has 0 spiro atoms. The summed E-state index contributed by atoms with van der Waals surface area (Å²) in [6, 6.07) is 21.7. The van der Waals surface area contributed by atoms with Crippen molar-refractivity contribution in [3.05, 3.63) is 95.2 Å². The summed E-state index contributed by atoms with van der Waals surface area (Å²) < 4.78 is 10.3. The Morgan fingerprint density at radius 3 is 2.44 bits per heavy atom. The molecule has 170 valence electrons. The van der Waals surface area contributed by atoms with Gasteiger partial charge in [-0.05, 0) is 46.5 Å². The average Bonchev–Trinajstić information content (AvgIpc) is 3.43. The Morgan fingerprint density at radius 2 is 1.74 bits per heavy atom. The van der Waals surface area contributed by atoms with E-state index in [-0.39, 0.29) is 12.5 Å². The van der Waals surface area contributed by atoms with Gasteiger partial charge in [0, 0.05) is 17.8 Å². The fourth-order valence-corrected chi connectivity index (χ4v) is 4.37. The Hall–Kier alpha value is -4.39. The van der Waals surface area contributed by atoms with Crippen LogP contribution in [0.15, 0.2) is 72.8 Å². The minimum atomic E-state index is -0.471. The molecule has 0 radical (unpaired) electrons. The van der Waals surface area contributed by atoms with Crippen molar-refractivity contribution in [3.8, 4) is 11.1 Å². The number of carbonyl (C=O) groups is 2. The van der Waals surface area contributed by atoms with Crippen LogP contribution < -0.4 is 5.32 Å². The molecule has 34 heavy (non-hydrogen) atoms. The van der Waals surface area contributed by atoms with E-state index in [2.05, 4.69) is 39.8 Å². The third-order valence-corrected chi connectivity index (χ3v) is 6.00. The van der Waals surface area contributed by atoms with E-state index in [1.54, 1.807) is 24.3 Å². The first-order valence-electron chi connectivity index (χ1n) is 11.0. The molecule has 0 saturated heterocycles. The number of esters is 1. The van der Waals surface area contributed by atoms with E-state index in [0.717, 1.165) is 10.9 Å². The second kappa shape index (κ2) is 9.23. The van der Waals surface area contributed by atoms with E-state index in [1.807, 2.05) is 30.3 Å². The highest BCUT2D eigenvalue weighted by Gasteiger charge is 2.28. The molecule has 1 heterocycles. The molecule has 0 bridgehead atoms. The molecule has 1 aliphatic carbocycles. The number of hydrogen-bond donors (Lipinski definition) is 2. The largest absolute Gasteiger partial charge is 0.465 e.